The number of rotatable bonds is 3. The van der Waals surface area contributed by atoms with Crippen molar-refractivity contribution in [1.29, 1.82) is 0 Å². The molecule has 1 aromatic heterocycles. The molecule has 2 heterocycles. The Morgan fingerprint density at radius 3 is 2.41 bits per heavy atom. The van der Waals surface area contributed by atoms with Crippen molar-refractivity contribution in [3.8, 4) is 0 Å². The first-order chi connectivity index (χ1) is 12.6. The van der Waals surface area contributed by atoms with Gasteiger partial charge in [0.15, 0.2) is 10.9 Å². The van der Waals surface area contributed by atoms with Crippen LogP contribution in [0.25, 0.3) is 0 Å². The fraction of sp³-hybridized carbons (Fsp3) is 0.500. The maximum absolute atomic E-state index is 12.8. The number of aryl methyl sites for hydroxylation is 1. The highest BCUT2D eigenvalue weighted by molar-refractivity contribution is 7.99. The van der Waals surface area contributed by atoms with E-state index in [1.807, 2.05) is 24.8 Å². The van der Waals surface area contributed by atoms with Crippen LogP contribution in [0.15, 0.2) is 44.7 Å². The Hall–Kier alpha value is -1.72. The van der Waals surface area contributed by atoms with Gasteiger partial charge >= 0.3 is 0 Å². The van der Waals surface area contributed by atoms with Crippen LogP contribution in [0.4, 0.5) is 0 Å². The van der Waals surface area contributed by atoms with Gasteiger partial charge in [0, 0.05) is 18.0 Å². The van der Waals surface area contributed by atoms with Crippen LogP contribution in [0.5, 0.6) is 0 Å². The Morgan fingerprint density at radius 1 is 1.11 bits per heavy atom. The van der Waals surface area contributed by atoms with Crippen LogP contribution < -0.4 is 0 Å². The van der Waals surface area contributed by atoms with Gasteiger partial charge in [0.1, 0.15) is 0 Å². The van der Waals surface area contributed by atoms with E-state index in [4.69, 9.17) is 9.15 Å². The highest BCUT2D eigenvalue weighted by Crippen LogP contribution is 2.35. The first kappa shape index (κ1) is 20.0. The second-order valence-electron chi connectivity index (χ2n) is 8.42. The molecule has 1 saturated heterocycles. The average Bonchev–Trinajstić information content (AvgIpc) is 3.02. The largest absolute Gasteiger partial charge is 0.444 e. The third-order valence-electron chi connectivity index (χ3n) is 4.76. The van der Waals surface area contributed by atoms with E-state index in [9.17, 15) is 4.79 Å². The van der Waals surface area contributed by atoms with E-state index in [0.717, 1.165) is 9.99 Å². The van der Waals surface area contributed by atoms with Gasteiger partial charge in [-0.3, -0.25) is 4.79 Å². The molecule has 1 aliphatic heterocycles. The van der Waals surface area contributed by atoms with Crippen LogP contribution in [0.3, 0.4) is 0 Å². The normalized spacial score (nSPS) is 20.7. The average molecular weight is 388 g/mol. The molecule has 2 aromatic rings. The van der Waals surface area contributed by atoms with Gasteiger partial charge in [0.05, 0.1) is 12.2 Å². The predicted octanol–water partition coefficient (Wildman–Crippen LogP) is 5.29. The second kappa shape index (κ2) is 7.72. The van der Waals surface area contributed by atoms with Crippen molar-refractivity contribution in [2.24, 2.45) is 0 Å². The number of morpholine rings is 1. The maximum atomic E-state index is 12.8. The molecule has 0 saturated carbocycles. The fourth-order valence-electron chi connectivity index (χ4n) is 3.27. The van der Waals surface area contributed by atoms with Crippen molar-refractivity contribution in [3.63, 3.8) is 0 Å². The molecular weight excluding hydrogens is 358 g/mol. The highest BCUT2D eigenvalue weighted by atomic mass is 32.2. The number of carbonyl (C=O) groups excluding carboxylic acids is 1. The predicted molar refractivity (Wildman–Crippen MR) is 109 cm³/mol. The molecule has 1 fully saturated rings. The molecule has 27 heavy (non-hydrogen) atoms. The molecule has 0 radical (unpaired) electrons. The zero-order chi connectivity index (χ0) is 19.8. The van der Waals surface area contributed by atoms with Crippen LogP contribution in [-0.2, 0) is 10.2 Å². The molecule has 146 valence electrons. The van der Waals surface area contributed by atoms with E-state index in [2.05, 4.69) is 45.9 Å². The summed E-state index contributed by atoms with van der Waals surface area (Å²) in [7, 11) is 0. The number of hydrogen-bond donors (Lipinski definition) is 0. The van der Waals surface area contributed by atoms with Crippen LogP contribution >= 0.6 is 11.8 Å². The summed E-state index contributed by atoms with van der Waals surface area (Å²) in [5.41, 5.74) is 2.58. The van der Waals surface area contributed by atoms with Crippen LogP contribution in [-0.4, -0.2) is 36.1 Å². The molecule has 4 nitrogen and oxygen atoms in total. The Kier molecular flexibility index (Phi) is 5.73. The number of hydrogen-bond acceptors (Lipinski definition) is 4. The van der Waals surface area contributed by atoms with E-state index in [-0.39, 0.29) is 23.5 Å². The van der Waals surface area contributed by atoms with E-state index >= 15 is 0 Å². The maximum Gasteiger partial charge on any atom is 0.289 e. The Bertz CT molecular complexity index is 811. The first-order valence-corrected chi connectivity index (χ1v) is 10.3. The number of benzene rings is 1. The van der Waals surface area contributed by atoms with E-state index in [1.54, 1.807) is 17.8 Å². The molecule has 3 rings (SSSR count). The quantitative estimate of drug-likeness (QED) is 0.718. The lowest BCUT2D eigenvalue weighted by molar-refractivity contribution is -0.0593. The lowest BCUT2D eigenvalue weighted by atomic mass is 9.87. The zero-order valence-corrected chi connectivity index (χ0v) is 17.9. The third kappa shape index (κ3) is 4.77. The van der Waals surface area contributed by atoms with Gasteiger partial charge < -0.3 is 14.1 Å². The molecule has 0 N–H and O–H groups in total. The fourth-order valence-corrected chi connectivity index (χ4v) is 4.17. The number of nitrogens with zero attached hydrogens (tertiary/aromatic N) is 1. The molecule has 2 atom stereocenters. The summed E-state index contributed by atoms with van der Waals surface area (Å²) in [4.78, 5) is 15.8. The number of ether oxygens (including phenoxy) is 1. The number of furan rings is 1. The van der Waals surface area contributed by atoms with Crippen molar-refractivity contribution < 1.29 is 13.9 Å². The summed E-state index contributed by atoms with van der Waals surface area (Å²) in [5.74, 6) is 0.326. The smallest absolute Gasteiger partial charge is 0.289 e. The summed E-state index contributed by atoms with van der Waals surface area (Å²) in [5, 5.41) is 0.738. The lowest BCUT2D eigenvalue weighted by Crippen LogP contribution is -2.48. The molecular formula is C22H29NO3S. The summed E-state index contributed by atoms with van der Waals surface area (Å²) >= 11 is 1.57. The van der Waals surface area contributed by atoms with Crippen LogP contribution in [0.2, 0.25) is 0 Å². The van der Waals surface area contributed by atoms with Crippen molar-refractivity contribution >= 4 is 17.7 Å². The molecule has 0 aliphatic carbocycles. The monoisotopic (exact) mass is 387 g/mol. The standard InChI is InChI=1S/C22H29NO3S/c1-14-7-8-17(22(4,5)6)11-19(14)27-20-10-9-18(26-20)21(24)23-12-15(2)25-16(3)13-23/h7-11,15-16H,12-13H2,1-6H3. The number of amides is 1. The third-order valence-corrected chi connectivity index (χ3v) is 5.84. The van der Waals surface area contributed by atoms with Crippen LogP contribution in [0, 0.1) is 6.92 Å². The van der Waals surface area contributed by atoms with E-state index in [1.165, 1.54) is 11.1 Å². The van der Waals surface area contributed by atoms with Gasteiger partial charge in [0.2, 0.25) is 0 Å². The van der Waals surface area contributed by atoms with Crippen molar-refractivity contribution in [2.45, 2.75) is 69.2 Å². The Balaban J connectivity index is 1.76. The molecule has 1 amide bonds. The van der Waals surface area contributed by atoms with Gasteiger partial charge in [-0.05, 0) is 55.5 Å². The molecule has 0 spiro atoms. The number of carbonyl (C=O) groups is 1. The summed E-state index contributed by atoms with van der Waals surface area (Å²) in [6.45, 7) is 13.9. The van der Waals surface area contributed by atoms with Gasteiger partial charge in [-0.1, -0.05) is 44.7 Å². The first-order valence-electron chi connectivity index (χ1n) is 9.47. The lowest BCUT2D eigenvalue weighted by Gasteiger charge is -2.34. The van der Waals surface area contributed by atoms with Gasteiger partial charge in [-0.15, -0.1) is 0 Å². The topological polar surface area (TPSA) is 42.7 Å². The van der Waals surface area contributed by atoms with E-state index < -0.39 is 0 Å². The molecule has 0 bridgehead atoms. The molecule has 5 heteroatoms. The minimum absolute atomic E-state index is 0.0456. The van der Waals surface area contributed by atoms with E-state index in [0.29, 0.717) is 18.8 Å². The SMILES string of the molecule is Cc1ccc(C(C)(C)C)cc1Sc1ccc(C(=O)N2CC(C)OC(C)C2)o1. The minimum atomic E-state index is -0.0657. The minimum Gasteiger partial charge on any atom is -0.444 e. The van der Waals surface area contributed by atoms with Gasteiger partial charge in [-0.2, -0.15) is 0 Å². The molecule has 2 unspecified atom stereocenters. The van der Waals surface area contributed by atoms with Gasteiger partial charge in [0.25, 0.3) is 5.91 Å². The summed E-state index contributed by atoms with van der Waals surface area (Å²) in [6.07, 6.45) is 0.0913. The highest BCUT2D eigenvalue weighted by Gasteiger charge is 2.28. The molecule has 1 aromatic carbocycles. The second-order valence-corrected chi connectivity index (χ2v) is 9.46. The Morgan fingerprint density at radius 2 is 1.78 bits per heavy atom. The van der Waals surface area contributed by atoms with Crippen LogP contribution in [0.1, 0.15) is 56.3 Å². The van der Waals surface area contributed by atoms with Crippen molar-refractivity contribution in [1.82, 2.24) is 4.90 Å². The van der Waals surface area contributed by atoms with Crippen molar-refractivity contribution in [3.05, 3.63) is 47.2 Å². The van der Waals surface area contributed by atoms with Crippen molar-refractivity contribution in [2.75, 3.05) is 13.1 Å². The summed E-state index contributed by atoms with van der Waals surface area (Å²) < 4.78 is 11.6. The Labute approximate surface area is 166 Å². The molecule has 1 aliphatic rings. The van der Waals surface area contributed by atoms with Gasteiger partial charge in [-0.25, -0.2) is 0 Å². The summed E-state index contributed by atoms with van der Waals surface area (Å²) in [6, 6.07) is 10.2. The zero-order valence-electron chi connectivity index (χ0n) is 17.0.